The van der Waals surface area contributed by atoms with E-state index in [4.69, 9.17) is 0 Å². The monoisotopic (exact) mass is 1080 g/mol. The third-order valence-corrected chi connectivity index (χ3v) is 17.6. The largest absolute Gasteiger partial charge is 0.351 e. The van der Waals surface area contributed by atoms with Crippen LogP contribution >= 0.6 is 0 Å². The van der Waals surface area contributed by atoms with Gasteiger partial charge >= 0.3 is 12.1 Å². The van der Waals surface area contributed by atoms with Crippen LogP contribution in [0.25, 0.3) is 0 Å². The van der Waals surface area contributed by atoms with Gasteiger partial charge in [-0.1, -0.05) is 86.3 Å². The lowest BCUT2D eigenvalue weighted by Gasteiger charge is -2.39. The normalized spacial score (nSPS) is 28.0. The van der Waals surface area contributed by atoms with Crippen LogP contribution < -0.4 is 42.5 Å². The van der Waals surface area contributed by atoms with Gasteiger partial charge in [-0.15, -0.1) is 0 Å². The first-order valence-corrected chi connectivity index (χ1v) is 29.1. The van der Waals surface area contributed by atoms with Crippen LogP contribution in [-0.4, -0.2) is 181 Å². The Labute approximate surface area is 460 Å². The van der Waals surface area contributed by atoms with Gasteiger partial charge in [0.25, 0.3) is 0 Å². The van der Waals surface area contributed by atoms with Gasteiger partial charge in [-0.05, 0) is 116 Å². The Morgan fingerprint density at radius 1 is 0.500 bits per heavy atom. The predicted molar refractivity (Wildman–Crippen MR) is 296 cm³/mol. The molecule has 1 unspecified atom stereocenters. The van der Waals surface area contributed by atoms with Gasteiger partial charge < -0.3 is 62.1 Å². The van der Waals surface area contributed by atoms with E-state index in [9.17, 15) is 38.4 Å². The van der Waals surface area contributed by atoms with Crippen LogP contribution in [0.5, 0.6) is 0 Å². The molecule has 10 amide bonds. The summed E-state index contributed by atoms with van der Waals surface area (Å²) in [5.74, 6) is -1.39. The van der Waals surface area contributed by atoms with Crippen molar-refractivity contribution in [1.82, 2.24) is 62.1 Å². The van der Waals surface area contributed by atoms with Crippen LogP contribution in [0, 0.1) is 0 Å². The lowest BCUT2D eigenvalue weighted by Crippen LogP contribution is -2.63. The Balaban J connectivity index is 0.793. The Morgan fingerprint density at radius 2 is 0.897 bits per heavy atom. The molecule has 12 atom stereocenters. The van der Waals surface area contributed by atoms with Gasteiger partial charge in [0.15, 0.2) is 0 Å². The summed E-state index contributed by atoms with van der Waals surface area (Å²) in [6.45, 7) is 4.80. The van der Waals surface area contributed by atoms with Gasteiger partial charge in [0.05, 0.1) is 25.2 Å². The fourth-order valence-corrected chi connectivity index (χ4v) is 12.9. The van der Waals surface area contributed by atoms with E-state index in [0.717, 1.165) is 51.4 Å². The molecule has 4 aliphatic heterocycles. The highest BCUT2D eigenvalue weighted by Crippen LogP contribution is 2.38. The molecule has 426 valence electrons. The fraction of sp³-hybridized carbons (Fsp3) is 0.655. The van der Waals surface area contributed by atoms with Crippen LogP contribution in [0.2, 0.25) is 0 Å². The summed E-state index contributed by atoms with van der Waals surface area (Å²) in [5.41, 5.74) is 2.40. The number of nitrogens with one attached hydrogen (secondary N) is 8. The van der Waals surface area contributed by atoms with Crippen molar-refractivity contribution in [2.45, 2.75) is 189 Å². The first-order valence-electron chi connectivity index (χ1n) is 29.1. The first kappa shape index (κ1) is 57.9. The predicted octanol–water partition coefficient (Wildman–Crippen LogP) is 3.19. The summed E-state index contributed by atoms with van der Waals surface area (Å²) in [6, 6.07) is 14.6. The van der Waals surface area contributed by atoms with E-state index in [1.807, 2.05) is 36.4 Å². The summed E-state index contributed by atoms with van der Waals surface area (Å²) in [4.78, 5) is 118. The van der Waals surface area contributed by atoms with Crippen molar-refractivity contribution < 1.29 is 38.4 Å². The van der Waals surface area contributed by atoms with Gasteiger partial charge in [0.1, 0.15) is 24.2 Å². The second kappa shape index (κ2) is 27.5. The number of urea groups is 2. The minimum absolute atomic E-state index is 0.0270. The smallest absolute Gasteiger partial charge is 0.317 e. The van der Waals surface area contributed by atoms with E-state index in [1.54, 1.807) is 47.5 Å². The van der Waals surface area contributed by atoms with Crippen molar-refractivity contribution in [3.63, 3.8) is 0 Å². The number of unbranched alkanes of at least 4 members (excludes halogenated alkanes) is 3. The molecular weight excluding hydrogens is 993 g/mol. The minimum Gasteiger partial charge on any atom is -0.351 e. The first-order chi connectivity index (χ1) is 37.8. The SMILES string of the molecule is CN[C@@H](C)C(=O)N[C@H]1CN(C(=O)NCCCCCCNC(=O)N2CC[C@H]3CC[C@@H](C(=O)N[C@@H]4CCC[C@H]4c4ccccc4)N3C(=O)[C@@H](NC(=O)[C@H](C)NC)C2)CC[C@H]2CCC(C(=O)N[C@@H]3CCC[C@H]3c3ccccc3)N2C1=O. The molecule has 20 nitrogen and oxygen atoms in total. The molecule has 0 radical (unpaired) electrons. The van der Waals surface area contributed by atoms with E-state index in [1.165, 1.54) is 11.1 Å². The van der Waals surface area contributed by atoms with Crippen molar-refractivity contribution in [3.05, 3.63) is 71.8 Å². The summed E-state index contributed by atoms with van der Waals surface area (Å²) in [5, 5.41) is 24.3. The van der Waals surface area contributed by atoms with Crippen molar-refractivity contribution in [2.24, 2.45) is 0 Å². The highest BCUT2D eigenvalue weighted by molar-refractivity contribution is 5.96. The van der Waals surface area contributed by atoms with E-state index in [0.29, 0.717) is 77.5 Å². The van der Waals surface area contributed by atoms with Crippen LogP contribution in [0.4, 0.5) is 9.59 Å². The lowest BCUT2D eigenvalue weighted by molar-refractivity contribution is -0.145. The molecule has 0 aromatic heterocycles. The zero-order chi connectivity index (χ0) is 55.3. The van der Waals surface area contributed by atoms with Crippen LogP contribution in [0.15, 0.2) is 60.7 Å². The average molecular weight is 1080 g/mol. The average Bonchev–Trinajstić information content (AvgIpc) is 4.35. The summed E-state index contributed by atoms with van der Waals surface area (Å²) < 4.78 is 0. The molecule has 20 heteroatoms. The second-order valence-corrected chi connectivity index (χ2v) is 22.6. The third-order valence-electron chi connectivity index (χ3n) is 17.6. The Bertz CT molecular complexity index is 2240. The topological polar surface area (TPSA) is 246 Å². The molecular formula is C58H86N12O8. The van der Waals surface area contributed by atoms with Crippen LogP contribution in [0.3, 0.4) is 0 Å². The highest BCUT2D eigenvalue weighted by Gasteiger charge is 2.48. The summed E-state index contributed by atoms with van der Waals surface area (Å²) in [7, 11) is 3.32. The fourth-order valence-electron chi connectivity index (χ4n) is 12.9. The lowest BCUT2D eigenvalue weighted by atomic mass is 9.94. The number of benzene rings is 2. The van der Waals surface area contributed by atoms with Gasteiger partial charge in [0.2, 0.25) is 35.4 Å². The van der Waals surface area contributed by atoms with Crippen LogP contribution in [0.1, 0.15) is 140 Å². The van der Waals surface area contributed by atoms with E-state index in [-0.39, 0.29) is 96.6 Å². The number of carbonyl (C=O) groups is 8. The Kier molecular flexibility index (Phi) is 20.4. The standard InChI is InChI=1S/C58H86N12O8/c1-37(59-3)51(71)65-47-35-67(33-29-41-25-27-49(69(41)55(47)75)53(73)63-45-23-15-21-43(45)39-17-9-7-10-18-39)57(77)61-31-13-5-6-14-32-62-58(78)68-34-30-42-26-28-50(70(42)56(76)48(36-68)66-52(72)38(2)60-4)54(74)64-46-24-16-22-44(46)40-19-11-8-12-20-40/h7-12,17-20,37-38,41-50,59-60H,5-6,13-16,21-36H2,1-4H3,(H,61,77)(H,62,78)(H,63,73)(H,64,74)(H,65,71)(H,66,72)/t37-,38-,41+,42+,43-,44-,45+,46+,47-,48-,49-,50?/m0/s1. The molecule has 2 aromatic carbocycles. The van der Waals surface area contributed by atoms with Gasteiger partial charge in [-0.2, -0.15) is 0 Å². The maximum Gasteiger partial charge on any atom is 0.317 e. The number of hydrogen-bond donors (Lipinski definition) is 8. The number of rotatable bonds is 19. The molecule has 6 aliphatic rings. The molecule has 8 N–H and O–H groups in total. The molecule has 6 fully saturated rings. The van der Waals surface area contributed by atoms with Crippen LogP contribution in [-0.2, 0) is 28.8 Å². The number of hydrogen-bond acceptors (Lipinski definition) is 10. The second-order valence-electron chi connectivity index (χ2n) is 22.6. The number of fused-ring (bicyclic) bond motifs is 2. The molecule has 0 bridgehead atoms. The molecule has 4 saturated heterocycles. The van der Waals surface area contributed by atoms with Crippen molar-refractivity contribution in [1.29, 1.82) is 0 Å². The Hall–Kier alpha value is -6.28. The zero-order valence-corrected chi connectivity index (χ0v) is 46.3. The molecule has 2 saturated carbocycles. The molecule has 2 aromatic rings. The van der Waals surface area contributed by atoms with Gasteiger partial charge in [-0.3, -0.25) is 28.8 Å². The summed E-state index contributed by atoms with van der Waals surface area (Å²) in [6.07, 6.45) is 11.9. The van der Waals surface area contributed by atoms with E-state index >= 15 is 0 Å². The minimum atomic E-state index is -1.04. The number of likely N-dealkylation sites (N-methyl/N-ethyl adjacent to an activating group) is 2. The third kappa shape index (κ3) is 14.1. The van der Waals surface area contributed by atoms with E-state index < -0.39 is 36.3 Å². The van der Waals surface area contributed by atoms with Crippen molar-refractivity contribution >= 4 is 47.5 Å². The summed E-state index contributed by atoms with van der Waals surface area (Å²) >= 11 is 0. The maximum atomic E-state index is 14.5. The zero-order valence-electron chi connectivity index (χ0n) is 46.3. The molecule has 0 spiro atoms. The maximum absolute atomic E-state index is 14.5. The van der Waals surface area contributed by atoms with E-state index in [2.05, 4.69) is 66.8 Å². The highest BCUT2D eigenvalue weighted by atomic mass is 16.2. The van der Waals surface area contributed by atoms with Gasteiger partial charge in [-0.25, -0.2) is 9.59 Å². The van der Waals surface area contributed by atoms with Crippen molar-refractivity contribution in [3.8, 4) is 0 Å². The number of nitrogens with zero attached hydrogens (tertiary/aromatic N) is 4. The quantitative estimate of drug-likeness (QED) is 0.0956. The molecule has 8 rings (SSSR count). The molecule has 4 heterocycles. The molecule has 78 heavy (non-hydrogen) atoms. The molecule has 2 aliphatic carbocycles. The number of amides is 10. The number of carbonyl (C=O) groups excluding carboxylic acids is 8. The Morgan fingerprint density at radius 3 is 1.28 bits per heavy atom. The van der Waals surface area contributed by atoms with Crippen molar-refractivity contribution in [2.75, 3.05) is 53.4 Å². The van der Waals surface area contributed by atoms with Gasteiger partial charge in [0, 0.05) is 62.2 Å².